The quantitative estimate of drug-likeness (QED) is 0.658. The molecule has 0 aliphatic carbocycles. The van der Waals surface area contributed by atoms with Crippen LogP contribution in [0.3, 0.4) is 0 Å². The van der Waals surface area contributed by atoms with Gasteiger partial charge in [-0.2, -0.15) is 13.2 Å². The number of halogens is 3. The maximum atomic E-state index is 12.5. The van der Waals surface area contributed by atoms with Crippen molar-refractivity contribution in [2.45, 2.75) is 65.7 Å². The van der Waals surface area contributed by atoms with E-state index in [0.29, 0.717) is 25.4 Å². The molecule has 6 heteroatoms. The molecule has 1 aromatic rings. The molecule has 1 aliphatic heterocycles. The molecule has 3 nitrogen and oxygen atoms in total. The SMILES string of the molecule is CC.CC(C)(C)OC(=O)N1CCC(CCc2ccc(C(F)(F)F)cc2)C1. The van der Waals surface area contributed by atoms with Crippen molar-refractivity contribution in [1.29, 1.82) is 0 Å². The number of nitrogens with zero attached hydrogens (tertiary/aromatic N) is 1. The smallest absolute Gasteiger partial charge is 0.416 e. The standard InChI is InChI=1S/C18H24F3NO2.C2H6/c1-17(2,3)24-16(23)22-11-10-14(12-22)5-4-13-6-8-15(9-7-13)18(19,20)21;1-2/h6-9,14H,4-5,10-12H2,1-3H3;1-2H3. The first-order valence-electron chi connectivity index (χ1n) is 9.19. The zero-order valence-corrected chi connectivity index (χ0v) is 16.3. The number of hydrogen-bond acceptors (Lipinski definition) is 2. The largest absolute Gasteiger partial charge is 0.444 e. The van der Waals surface area contributed by atoms with Crippen molar-refractivity contribution in [2.75, 3.05) is 13.1 Å². The van der Waals surface area contributed by atoms with Crippen LogP contribution in [0.15, 0.2) is 24.3 Å². The molecule has 0 spiro atoms. The van der Waals surface area contributed by atoms with Gasteiger partial charge in [0.15, 0.2) is 0 Å². The maximum absolute atomic E-state index is 12.5. The van der Waals surface area contributed by atoms with E-state index in [-0.39, 0.29) is 6.09 Å². The molecule has 1 aliphatic rings. The van der Waals surface area contributed by atoms with E-state index in [1.54, 1.807) is 4.90 Å². The van der Waals surface area contributed by atoms with Gasteiger partial charge in [0, 0.05) is 13.1 Å². The number of alkyl halides is 3. The van der Waals surface area contributed by atoms with Crippen LogP contribution in [0.1, 0.15) is 58.6 Å². The molecule has 2 rings (SSSR count). The van der Waals surface area contributed by atoms with Crippen LogP contribution in [0, 0.1) is 5.92 Å². The average Bonchev–Trinajstić information content (AvgIpc) is 3.02. The Morgan fingerprint density at radius 2 is 1.73 bits per heavy atom. The van der Waals surface area contributed by atoms with Gasteiger partial charge in [0.2, 0.25) is 0 Å². The second-order valence-electron chi connectivity index (χ2n) is 7.31. The highest BCUT2D eigenvalue weighted by atomic mass is 19.4. The van der Waals surface area contributed by atoms with E-state index in [4.69, 9.17) is 4.74 Å². The number of likely N-dealkylation sites (tertiary alicyclic amines) is 1. The van der Waals surface area contributed by atoms with Crippen LogP contribution < -0.4 is 0 Å². The van der Waals surface area contributed by atoms with E-state index < -0.39 is 17.3 Å². The van der Waals surface area contributed by atoms with E-state index >= 15 is 0 Å². The Morgan fingerprint density at radius 1 is 1.15 bits per heavy atom. The lowest BCUT2D eigenvalue weighted by molar-refractivity contribution is -0.137. The summed E-state index contributed by atoms with van der Waals surface area (Å²) in [5.74, 6) is 0.361. The molecule has 1 heterocycles. The van der Waals surface area contributed by atoms with Gasteiger partial charge in [0.05, 0.1) is 5.56 Å². The van der Waals surface area contributed by atoms with Gasteiger partial charge in [-0.25, -0.2) is 4.79 Å². The second-order valence-corrected chi connectivity index (χ2v) is 7.31. The summed E-state index contributed by atoms with van der Waals surface area (Å²) in [5.41, 5.74) is -0.239. The summed E-state index contributed by atoms with van der Waals surface area (Å²) in [6.07, 6.45) is -2.12. The fourth-order valence-corrected chi connectivity index (χ4v) is 2.79. The van der Waals surface area contributed by atoms with Crippen LogP contribution in [0.25, 0.3) is 0 Å². The van der Waals surface area contributed by atoms with Crippen molar-refractivity contribution in [2.24, 2.45) is 5.92 Å². The van der Waals surface area contributed by atoms with E-state index in [1.165, 1.54) is 12.1 Å². The Labute approximate surface area is 154 Å². The first kappa shape index (κ1) is 22.3. The molecule has 148 valence electrons. The summed E-state index contributed by atoms with van der Waals surface area (Å²) in [6.45, 7) is 10.8. The lowest BCUT2D eigenvalue weighted by Gasteiger charge is -2.24. The van der Waals surface area contributed by atoms with Crippen molar-refractivity contribution in [1.82, 2.24) is 4.90 Å². The fourth-order valence-electron chi connectivity index (χ4n) is 2.79. The van der Waals surface area contributed by atoms with Gasteiger partial charge in [-0.05, 0) is 63.6 Å². The zero-order valence-electron chi connectivity index (χ0n) is 16.3. The van der Waals surface area contributed by atoms with Gasteiger partial charge in [-0.15, -0.1) is 0 Å². The highest BCUT2D eigenvalue weighted by Gasteiger charge is 2.31. The van der Waals surface area contributed by atoms with E-state index in [2.05, 4.69) is 0 Å². The van der Waals surface area contributed by atoms with Gasteiger partial charge in [0.25, 0.3) is 0 Å². The fraction of sp³-hybridized carbons (Fsp3) is 0.650. The predicted octanol–water partition coefficient (Wildman–Crippen LogP) is 5.92. The maximum Gasteiger partial charge on any atom is 0.416 e. The Balaban J connectivity index is 0.00000163. The molecule has 0 radical (unpaired) electrons. The molecule has 1 atom stereocenters. The number of hydrogen-bond donors (Lipinski definition) is 0. The van der Waals surface area contributed by atoms with Gasteiger partial charge in [-0.1, -0.05) is 26.0 Å². The Morgan fingerprint density at radius 3 is 2.23 bits per heavy atom. The monoisotopic (exact) mass is 373 g/mol. The third-order valence-corrected chi connectivity index (χ3v) is 4.06. The molecule has 1 saturated heterocycles. The lowest BCUT2D eigenvalue weighted by Crippen LogP contribution is -2.35. The minimum Gasteiger partial charge on any atom is -0.444 e. The van der Waals surface area contributed by atoms with Crippen LogP contribution in [0.4, 0.5) is 18.0 Å². The van der Waals surface area contributed by atoms with Crippen LogP contribution in [-0.4, -0.2) is 29.7 Å². The highest BCUT2D eigenvalue weighted by Crippen LogP contribution is 2.30. The van der Waals surface area contributed by atoms with Crippen LogP contribution in [0.5, 0.6) is 0 Å². The minimum absolute atomic E-state index is 0.292. The van der Waals surface area contributed by atoms with Crippen molar-refractivity contribution >= 4 is 6.09 Å². The summed E-state index contributed by atoms with van der Waals surface area (Å²) in [4.78, 5) is 13.7. The number of rotatable bonds is 3. The predicted molar refractivity (Wildman–Crippen MR) is 97.0 cm³/mol. The minimum atomic E-state index is -4.29. The van der Waals surface area contributed by atoms with Crippen LogP contribution in [-0.2, 0) is 17.3 Å². The van der Waals surface area contributed by atoms with Crippen molar-refractivity contribution in [3.8, 4) is 0 Å². The van der Waals surface area contributed by atoms with E-state index in [9.17, 15) is 18.0 Å². The third kappa shape index (κ3) is 7.26. The average molecular weight is 373 g/mol. The number of amides is 1. The Bertz CT molecular complexity index is 562. The molecule has 26 heavy (non-hydrogen) atoms. The first-order valence-corrected chi connectivity index (χ1v) is 9.19. The molecular formula is C20H30F3NO2. The second kappa shape index (κ2) is 9.28. The number of carbonyl (C=O) groups excluding carboxylic acids is 1. The summed E-state index contributed by atoms with van der Waals surface area (Å²) in [7, 11) is 0. The van der Waals surface area contributed by atoms with Gasteiger partial charge in [0.1, 0.15) is 5.60 Å². The molecule has 0 N–H and O–H groups in total. The van der Waals surface area contributed by atoms with Crippen molar-refractivity contribution in [3.63, 3.8) is 0 Å². The van der Waals surface area contributed by atoms with Gasteiger partial charge < -0.3 is 9.64 Å². The third-order valence-electron chi connectivity index (χ3n) is 4.06. The molecular weight excluding hydrogens is 343 g/mol. The molecule has 0 saturated carbocycles. The number of benzene rings is 1. The highest BCUT2D eigenvalue weighted by molar-refractivity contribution is 5.68. The van der Waals surface area contributed by atoms with Crippen LogP contribution >= 0.6 is 0 Å². The summed E-state index contributed by atoms with van der Waals surface area (Å²) < 4.78 is 43.0. The molecule has 1 unspecified atom stereocenters. The summed E-state index contributed by atoms with van der Waals surface area (Å²) in [6, 6.07) is 5.31. The number of aryl methyl sites for hydroxylation is 1. The molecule has 0 aromatic heterocycles. The van der Waals surface area contributed by atoms with Crippen molar-refractivity contribution < 1.29 is 22.7 Å². The van der Waals surface area contributed by atoms with Crippen LogP contribution in [0.2, 0.25) is 0 Å². The summed E-state index contributed by atoms with van der Waals surface area (Å²) >= 11 is 0. The summed E-state index contributed by atoms with van der Waals surface area (Å²) in [5, 5.41) is 0. The Hall–Kier alpha value is -1.72. The molecule has 1 fully saturated rings. The number of carbonyl (C=O) groups is 1. The Kier molecular flexibility index (Phi) is 7.97. The normalized spacial score (nSPS) is 17.5. The lowest BCUT2D eigenvalue weighted by atomic mass is 9.98. The molecule has 0 bridgehead atoms. The zero-order chi connectivity index (χ0) is 20.0. The number of ether oxygens (including phenoxy) is 1. The van der Waals surface area contributed by atoms with Gasteiger partial charge >= 0.3 is 12.3 Å². The first-order chi connectivity index (χ1) is 12.0. The van der Waals surface area contributed by atoms with Gasteiger partial charge in [-0.3, -0.25) is 0 Å². The molecule has 1 aromatic carbocycles. The van der Waals surface area contributed by atoms with Crippen molar-refractivity contribution in [3.05, 3.63) is 35.4 Å². The van der Waals surface area contributed by atoms with E-state index in [1.807, 2.05) is 34.6 Å². The van der Waals surface area contributed by atoms with E-state index in [0.717, 1.165) is 30.5 Å². The topological polar surface area (TPSA) is 29.5 Å². The molecule has 1 amide bonds.